The maximum absolute atomic E-state index is 10.2. The van der Waals surface area contributed by atoms with Gasteiger partial charge in [0.1, 0.15) is 12.1 Å². The zero-order valence-corrected chi connectivity index (χ0v) is 11.1. The quantitative estimate of drug-likeness (QED) is 0.576. The summed E-state index contributed by atoms with van der Waals surface area (Å²) in [4.78, 5) is 20.2. The Bertz CT molecular complexity index is 259. The zero-order valence-electron chi connectivity index (χ0n) is 11.1. The van der Waals surface area contributed by atoms with Crippen molar-refractivity contribution in [3.8, 4) is 0 Å². The average molecular weight is 248 g/mol. The first-order valence-corrected chi connectivity index (χ1v) is 5.38. The molecule has 0 saturated heterocycles. The Balaban J connectivity index is 0. The number of aliphatic carboxylic acids is 2. The van der Waals surface area contributed by atoms with Gasteiger partial charge in [0.05, 0.1) is 0 Å². The second kappa shape index (κ2) is 7.24. The molecule has 0 unspecified atom stereocenters. The van der Waals surface area contributed by atoms with Crippen molar-refractivity contribution in [3.63, 3.8) is 0 Å². The average Bonchev–Trinajstić information content (AvgIpc) is 2.14. The Hall–Kier alpha value is -1.14. The van der Waals surface area contributed by atoms with Crippen LogP contribution in [0.25, 0.3) is 0 Å². The fraction of sp³-hybridized carbons (Fsp3) is 0.818. The van der Waals surface area contributed by atoms with E-state index in [0.29, 0.717) is 0 Å². The molecule has 0 rings (SSSR count). The van der Waals surface area contributed by atoms with Gasteiger partial charge in [-0.1, -0.05) is 34.6 Å². The molecule has 6 N–H and O–H groups in total. The van der Waals surface area contributed by atoms with E-state index in [4.69, 9.17) is 21.7 Å². The van der Waals surface area contributed by atoms with E-state index in [1.807, 2.05) is 0 Å². The highest BCUT2D eigenvalue weighted by Crippen LogP contribution is 2.16. The van der Waals surface area contributed by atoms with Crippen molar-refractivity contribution in [1.82, 2.24) is 0 Å². The van der Waals surface area contributed by atoms with Crippen LogP contribution < -0.4 is 11.5 Å². The summed E-state index contributed by atoms with van der Waals surface area (Å²) in [6.45, 7) is 8.95. The summed E-state index contributed by atoms with van der Waals surface area (Å²) in [6.07, 6.45) is 0. The summed E-state index contributed by atoms with van der Waals surface area (Å²) in [7, 11) is 0. The lowest BCUT2D eigenvalue weighted by atomic mass is 9.88. The molecule has 0 aliphatic carbocycles. The molecule has 0 radical (unpaired) electrons. The van der Waals surface area contributed by atoms with Crippen molar-refractivity contribution < 1.29 is 19.8 Å². The minimum Gasteiger partial charge on any atom is -0.480 e. The van der Waals surface area contributed by atoms with Crippen molar-refractivity contribution in [2.24, 2.45) is 22.8 Å². The highest BCUT2D eigenvalue weighted by atomic mass is 16.4. The predicted octanol–water partition coefficient (Wildman–Crippen LogP) is 0.499. The maximum atomic E-state index is 10.2. The van der Waals surface area contributed by atoms with E-state index in [9.17, 15) is 9.59 Å². The molecule has 2 atom stereocenters. The van der Waals surface area contributed by atoms with Crippen LogP contribution in [0.15, 0.2) is 0 Å². The largest absolute Gasteiger partial charge is 0.480 e. The normalized spacial score (nSPS) is 14.6. The van der Waals surface area contributed by atoms with E-state index in [0.717, 1.165) is 0 Å². The first-order chi connectivity index (χ1) is 7.41. The van der Waals surface area contributed by atoms with Gasteiger partial charge < -0.3 is 21.7 Å². The van der Waals surface area contributed by atoms with Gasteiger partial charge in [0.15, 0.2) is 0 Å². The van der Waals surface area contributed by atoms with Gasteiger partial charge in [0, 0.05) is 0 Å². The smallest absolute Gasteiger partial charge is 0.321 e. The first kappa shape index (κ1) is 18.2. The SMILES string of the molecule is CC(C)(C)[C@H](N)C(=O)O.CC(C)[C@H](N)C(=O)O. The van der Waals surface area contributed by atoms with E-state index in [1.54, 1.807) is 34.6 Å². The topological polar surface area (TPSA) is 127 Å². The van der Waals surface area contributed by atoms with E-state index < -0.39 is 24.0 Å². The molecule has 0 heterocycles. The molecule has 102 valence electrons. The van der Waals surface area contributed by atoms with Crippen molar-refractivity contribution in [1.29, 1.82) is 0 Å². The van der Waals surface area contributed by atoms with Crippen LogP contribution in [0.3, 0.4) is 0 Å². The predicted molar refractivity (Wildman–Crippen MR) is 65.5 cm³/mol. The molecular weight excluding hydrogens is 224 g/mol. The fourth-order valence-electron chi connectivity index (χ4n) is 0.656. The minimum absolute atomic E-state index is 0.0208. The van der Waals surface area contributed by atoms with E-state index in [-0.39, 0.29) is 11.3 Å². The number of carbonyl (C=O) groups is 2. The van der Waals surface area contributed by atoms with Crippen LogP contribution in [-0.4, -0.2) is 34.2 Å². The third-order valence-corrected chi connectivity index (χ3v) is 2.20. The van der Waals surface area contributed by atoms with Gasteiger partial charge >= 0.3 is 11.9 Å². The van der Waals surface area contributed by atoms with Gasteiger partial charge in [-0.15, -0.1) is 0 Å². The molecule has 6 heteroatoms. The summed E-state index contributed by atoms with van der Waals surface area (Å²) in [5.74, 6) is -1.85. The summed E-state index contributed by atoms with van der Waals surface area (Å²) in [5.41, 5.74) is 10.1. The lowest BCUT2D eigenvalue weighted by Crippen LogP contribution is -2.41. The molecule has 0 aliphatic rings. The summed E-state index contributed by atoms with van der Waals surface area (Å²) >= 11 is 0. The van der Waals surface area contributed by atoms with E-state index in [1.165, 1.54) is 0 Å². The van der Waals surface area contributed by atoms with Crippen molar-refractivity contribution in [2.45, 2.75) is 46.7 Å². The van der Waals surface area contributed by atoms with Crippen LogP contribution >= 0.6 is 0 Å². The second-order valence-electron chi connectivity index (χ2n) is 5.29. The fourth-order valence-corrected chi connectivity index (χ4v) is 0.656. The Labute approximate surface area is 102 Å². The Morgan fingerprint density at radius 2 is 1.35 bits per heavy atom. The zero-order chi connectivity index (χ0) is 14.4. The lowest BCUT2D eigenvalue weighted by molar-refractivity contribution is -0.141. The van der Waals surface area contributed by atoms with Crippen LogP contribution in [0.1, 0.15) is 34.6 Å². The molecule has 0 bridgehead atoms. The molecule has 0 fully saturated rings. The van der Waals surface area contributed by atoms with Crippen molar-refractivity contribution >= 4 is 11.9 Å². The Morgan fingerprint density at radius 3 is 1.35 bits per heavy atom. The van der Waals surface area contributed by atoms with Gasteiger partial charge in [-0.05, 0) is 11.3 Å². The van der Waals surface area contributed by atoms with Gasteiger partial charge in [-0.25, -0.2) is 0 Å². The van der Waals surface area contributed by atoms with Crippen LogP contribution in [0.5, 0.6) is 0 Å². The van der Waals surface area contributed by atoms with Crippen LogP contribution in [0.2, 0.25) is 0 Å². The Morgan fingerprint density at radius 1 is 1.00 bits per heavy atom. The third-order valence-electron chi connectivity index (χ3n) is 2.20. The van der Waals surface area contributed by atoms with Gasteiger partial charge in [0.2, 0.25) is 0 Å². The van der Waals surface area contributed by atoms with Crippen molar-refractivity contribution in [2.75, 3.05) is 0 Å². The second-order valence-corrected chi connectivity index (χ2v) is 5.29. The van der Waals surface area contributed by atoms with Crippen molar-refractivity contribution in [3.05, 3.63) is 0 Å². The highest BCUT2D eigenvalue weighted by Gasteiger charge is 2.26. The third kappa shape index (κ3) is 8.65. The molecule has 0 aliphatic heterocycles. The van der Waals surface area contributed by atoms with E-state index in [2.05, 4.69) is 0 Å². The Kier molecular flexibility index (Phi) is 7.76. The van der Waals surface area contributed by atoms with Crippen LogP contribution in [0.4, 0.5) is 0 Å². The lowest BCUT2D eigenvalue weighted by Gasteiger charge is -2.22. The van der Waals surface area contributed by atoms with Gasteiger partial charge in [-0.2, -0.15) is 0 Å². The molecule has 0 aromatic heterocycles. The van der Waals surface area contributed by atoms with Gasteiger partial charge in [0.25, 0.3) is 0 Å². The molecule has 0 amide bonds. The van der Waals surface area contributed by atoms with Gasteiger partial charge in [-0.3, -0.25) is 9.59 Å². The minimum atomic E-state index is -0.942. The molecule has 6 nitrogen and oxygen atoms in total. The number of hydrogen-bond acceptors (Lipinski definition) is 4. The number of carboxylic acids is 2. The summed E-state index contributed by atoms with van der Waals surface area (Å²) < 4.78 is 0. The molecule has 0 aromatic rings. The summed E-state index contributed by atoms with van der Waals surface area (Å²) in [5, 5.41) is 16.6. The number of rotatable bonds is 3. The van der Waals surface area contributed by atoms with E-state index >= 15 is 0 Å². The number of nitrogens with two attached hydrogens (primary N) is 2. The maximum Gasteiger partial charge on any atom is 0.321 e. The molecular formula is C11H24N2O4. The highest BCUT2D eigenvalue weighted by molar-refractivity contribution is 5.74. The summed E-state index contributed by atoms with van der Waals surface area (Å²) in [6, 6.07) is -1.48. The molecule has 17 heavy (non-hydrogen) atoms. The number of carboxylic acid groups (broad SMARTS) is 2. The molecule has 0 saturated carbocycles. The van der Waals surface area contributed by atoms with Crippen LogP contribution in [0, 0.1) is 11.3 Å². The standard InChI is InChI=1S/C6H13NO2.C5H11NO2/c1-6(2,3)4(7)5(8)9;1-3(2)4(6)5(7)8/h4H,7H2,1-3H3,(H,8,9);3-4H,6H2,1-2H3,(H,7,8)/t2*4-/m10/s1. The molecule has 0 spiro atoms. The number of hydrogen-bond donors (Lipinski definition) is 4. The van der Waals surface area contributed by atoms with Crippen LogP contribution in [-0.2, 0) is 9.59 Å². The monoisotopic (exact) mass is 248 g/mol. The molecule has 0 aromatic carbocycles. The first-order valence-electron chi connectivity index (χ1n) is 5.38.